The van der Waals surface area contributed by atoms with E-state index in [9.17, 15) is 19.2 Å². The molecular weight excluding hydrogens is 753 g/mol. The molecule has 2 saturated heterocycles. The van der Waals surface area contributed by atoms with Crippen LogP contribution in [-0.4, -0.2) is 131 Å². The van der Waals surface area contributed by atoms with Crippen LogP contribution in [-0.2, 0) is 48.6 Å². The summed E-state index contributed by atoms with van der Waals surface area (Å²) < 4.78 is 4.35. The minimum atomic E-state index is 0.0841. The molecule has 2 aromatic heterocycles. The molecule has 2 aromatic carbocycles. The van der Waals surface area contributed by atoms with E-state index in [0.717, 1.165) is 124 Å². The van der Waals surface area contributed by atoms with Gasteiger partial charge in [-0.25, -0.2) is 0 Å². The number of rotatable bonds is 7. The summed E-state index contributed by atoms with van der Waals surface area (Å²) in [6.07, 6.45) is 10.1. The van der Waals surface area contributed by atoms with Crippen molar-refractivity contribution in [3.05, 3.63) is 70.0 Å². The number of hydrogen-bond acceptors (Lipinski definition) is 6. The zero-order chi connectivity index (χ0) is 42.2. The number of nitrogens with one attached hydrogen (secondary N) is 1. The van der Waals surface area contributed by atoms with Crippen LogP contribution >= 0.6 is 0 Å². The quantitative estimate of drug-likeness (QED) is 0.255. The highest BCUT2D eigenvalue weighted by atomic mass is 16.2. The lowest BCUT2D eigenvalue weighted by Gasteiger charge is -2.40. The van der Waals surface area contributed by atoms with Gasteiger partial charge in [0.25, 0.3) is 11.8 Å². The zero-order valence-corrected chi connectivity index (χ0v) is 36.9. The molecule has 12 nitrogen and oxygen atoms in total. The van der Waals surface area contributed by atoms with E-state index in [4.69, 9.17) is 0 Å². The first kappa shape index (κ1) is 42.0. The number of benzene rings is 2. The van der Waals surface area contributed by atoms with Crippen LogP contribution < -0.4 is 5.32 Å². The van der Waals surface area contributed by atoms with Crippen molar-refractivity contribution in [2.75, 3.05) is 67.5 Å². The van der Waals surface area contributed by atoms with Gasteiger partial charge in [-0.2, -0.15) is 0 Å². The molecule has 1 saturated carbocycles. The number of piperidine rings is 2. The fourth-order valence-electron chi connectivity index (χ4n) is 9.88. The molecule has 6 heterocycles. The average molecular weight is 819 g/mol. The van der Waals surface area contributed by atoms with Crippen LogP contribution in [0.4, 0.5) is 0 Å². The van der Waals surface area contributed by atoms with Crippen molar-refractivity contribution in [3.8, 4) is 0 Å². The van der Waals surface area contributed by atoms with Gasteiger partial charge in [0.05, 0.1) is 0 Å². The highest BCUT2D eigenvalue weighted by Gasteiger charge is 2.32. The number of carbonyl (C=O) groups excluding carboxylic acids is 4. The molecule has 0 unspecified atom stereocenters. The van der Waals surface area contributed by atoms with Crippen molar-refractivity contribution in [3.63, 3.8) is 0 Å². The first-order valence-electron chi connectivity index (χ1n) is 22.6. The maximum absolute atomic E-state index is 13.3. The van der Waals surface area contributed by atoms with E-state index in [2.05, 4.69) is 45.3 Å². The van der Waals surface area contributed by atoms with Gasteiger partial charge >= 0.3 is 0 Å². The highest BCUT2D eigenvalue weighted by Crippen LogP contribution is 2.36. The molecule has 0 bridgehead atoms. The third kappa shape index (κ3) is 8.46. The molecule has 0 radical (unpaired) electrons. The summed E-state index contributed by atoms with van der Waals surface area (Å²) in [5.74, 6) is 1.87. The third-order valence-corrected chi connectivity index (χ3v) is 14.2. The van der Waals surface area contributed by atoms with Gasteiger partial charge in [0, 0.05) is 144 Å². The van der Waals surface area contributed by atoms with Gasteiger partial charge in [-0.15, -0.1) is 0 Å². The smallest absolute Gasteiger partial charge is 0.253 e. The second-order valence-electron chi connectivity index (χ2n) is 18.7. The summed E-state index contributed by atoms with van der Waals surface area (Å²) in [4.78, 5) is 61.2. The molecule has 1 N–H and O–H groups in total. The first-order chi connectivity index (χ1) is 28.9. The average Bonchev–Trinajstić information content (AvgIpc) is 3.71. The molecule has 12 heteroatoms. The largest absolute Gasteiger partial charge is 0.347 e. The maximum Gasteiger partial charge on any atom is 0.253 e. The van der Waals surface area contributed by atoms with Crippen LogP contribution in [0, 0.1) is 11.8 Å². The lowest BCUT2D eigenvalue weighted by molar-refractivity contribution is -0.130. The van der Waals surface area contributed by atoms with Crippen LogP contribution in [0.2, 0.25) is 0 Å². The molecule has 4 aromatic rings. The fraction of sp³-hybridized carbons (Fsp3) is 0.583. The Morgan fingerprint density at radius 3 is 1.58 bits per heavy atom. The summed E-state index contributed by atoms with van der Waals surface area (Å²) in [7, 11) is 7.21. The molecule has 4 aliphatic heterocycles. The van der Waals surface area contributed by atoms with Gasteiger partial charge in [0.15, 0.2) is 0 Å². The molecule has 5 aliphatic rings. The molecule has 60 heavy (non-hydrogen) atoms. The van der Waals surface area contributed by atoms with Gasteiger partial charge in [-0.1, -0.05) is 20.3 Å². The molecule has 3 fully saturated rings. The van der Waals surface area contributed by atoms with E-state index in [1.807, 2.05) is 48.2 Å². The number of amides is 4. The van der Waals surface area contributed by atoms with Crippen molar-refractivity contribution in [1.82, 2.24) is 39.0 Å². The van der Waals surface area contributed by atoms with Crippen LogP contribution in [0.25, 0.3) is 21.8 Å². The Kier molecular flexibility index (Phi) is 12.4. The second kappa shape index (κ2) is 17.7. The Morgan fingerprint density at radius 1 is 0.633 bits per heavy atom. The minimum Gasteiger partial charge on any atom is -0.347 e. The lowest BCUT2D eigenvalue weighted by Crippen LogP contribution is -2.43. The number of carbonyl (C=O) groups is 4. The molecule has 9 rings (SSSR count). The van der Waals surface area contributed by atoms with Gasteiger partial charge in [0.2, 0.25) is 11.8 Å². The van der Waals surface area contributed by atoms with Crippen molar-refractivity contribution >= 4 is 45.4 Å². The number of likely N-dealkylation sites (N-methyl/N-ethyl adjacent to an activating group) is 2. The minimum absolute atomic E-state index is 0.0841. The molecule has 0 atom stereocenters. The van der Waals surface area contributed by atoms with Crippen molar-refractivity contribution in [2.45, 2.75) is 104 Å². The van der Waals surface area contributed by atoms with Gasteiger partial charge in [-0.05, 0) is 97.9 Å². The molecule has 4 amide bonds. The van der Waals surface area contributed by atoms with E-state index in [1.54, 1.807) is 23.9 Å². The number of aromatic nitrogens is 2. The van der Waals surface area contributed by atoms with Crippen LogP contribution in [0.1, 0.15) is 102 Å². The monoisotopic (exact) mass is 819 g/mol. The van der Waals surface area contributed by atoms with Gasteiger partial charge in [-0.3, -0.25) is 24.1 Å². The topological polar surface area (TPSA) is 106 Å². The number of fused-ring (bicyclic) bond motifs is 6. The third-order valence-electron chi connectivity index (χ3n) is 14.2. The van der Waals surface area contributed by atoms with Crippen LogP contribution in [0.5, 0.6) is 0 Å². The summed E-state index contributed by atoms with van der Waals surface area (Å²) in [5, 5.41) is 5.70. The van der Waals surface area contributed by atoms with Gasteiger partial charge < -0.3 is 34.1 Å². The van der Waals surface area contributed by atoms with E-state index in [-0.39, 0.29) is 23.6 Å². The fourth-order valence-corrected chi connectivity index (χ4v) is 9.88. The van der Waals surface area contributed by atoms with E-state index in [0.29, 0.717) is 31.0 Å². The van der Waals surface area contributed by atoms with Crippen molar-refractivity contribution in [1.29, 1.82) is 0 Å². The Morgan fingerprint density at radius 2 is 1.12 bits per heavy atom. The van der Waals surface area contributed by atoms with Crippen molar-refractivity contribution < 1.29 is 19.2 Å². The zero-order valence-electron chi connectivity index (χ0n) is 36.9. The van der Waals surface area contributed by atoms with Crippen LogP contribution in [0.15, 0.2) is 36.4 Å². The standard InChI is InChI=1S/C26H36N4O2.C22H30N4O2/c1-18-9-12-28(13-10-18)26(32)19-7-8-23-21(15-19)22-16-29(20-5-4-6-20)14-11-24(22)30(23)17-25(31)27(2)3;1-15-7-10-25(11-8-15)22(28)16-4-5-19-17(12-16)18-13-23-9-6-20(18)26(19)14-21(27)24(2)3/h7-8,15,18,20H,4-6,9-14,16-17H2,1-3H3;4-5,12,15,23H,6-11,13-14H2,1-3H3. The predicted molar refractivity (Wildman–Crippen MR) is 237 cm³/mol. The second-order valence-corrected chi connectivity index (χ2v) is 18.7. The Bertz CT molecular complexity index is 2250. The summed E-state index contributed by atoms with van der Waals surface area (Å²) in [5.41, 5.74) is 8.74. The number of hydrogen-bond donors (Lipinski definition) is 1. The normalized spacial score (nSPS) is 19.0. The van der Waals surface area contributed by atoms with E-state index >= 15 is 0 Å². The first-order valence-corrected chi connectivity index (χ1v) is 22.6. The van der Waals surface area contributed by atoms with Crippen molar-refractivity contribution in [2.24, 2.45) is 11.8 Å². The maximum atomic E-state index is 13.3. The summed E-state index contributed by atoms with van der Waals surface area (Å²) >= 11 is 0. The van der Waals surface area contributed by atoms with Gasteiger partial charge in [0.1, 0.15) is 13.1 Å². The molecular formula is C48H66N8O4. The SMILES string of the molecule is CC1CCN(C(=O)c2ccc3c(c2)c2c(n3CC(=O)N(C)C)CCN(C3CCC3)C2)CC1.CC1CCN(C(=O)c2ccc3c(c2)c2c(n3CC(=O)N(C)C)CCNC2)CC1. The molecule has 322 valence electrons. The van der Waals surface area contributed by atoms with Crippen LogP contribution in [0.3, 0.4) is 0 Å². The highest BCUT2D eigenvalue weighted by molar-refractivity contribution is 6.01. The number of nitrogens with zero attached hydrogens (tertiary/aromatic N) is 7. The Balaban J connectivity index is 0.000000168. The van der Waals surface area contributed by atoms with E-state index < -0.39 is 0 Å². The Labute approximate surface area is 355 Å². The summed E-state index contributed by atoms with van der Waals surface area (Å²) in [6.45, 7) is 12.3. The Hall–Kier alpha value is -4.68. The molecule has 0 spiro atoms. The predicted octanol–water partition coefficient (Wildman–Crippen LogP) is 5.76. The van der Waals surface area contributed by atoms with E-state index in [1.165, 1.54) is 41.8 Å². The number of likely N-dealkylation sites (tertiary alicyclic amines) is 2. The molecule has 1 aliphatic carbocycles. The lowest BCUT2D eigenvalue weighted by atomic mass is 9.89. The summed E-state index contributed by atoms with van der Waals surface area (Å²) in [6, 6.07) is 12.8.